The molecule has 0 saturated heterocycles. The minimum atomic E-state index is -0.549. The molecule has 0 aliphatic rings. The predicted molar refractivity (Wildman–Crippen MR) is 197 cm³/mol. The average Bonchev–Trinajstić information content (AvgIpc) is 3.14. The van der Waals surface area contributed by atoms with Crippen LogP contribution in [0, 0.1) is 0 Å². The van der Waals surface area contributed by atoms with Gasteiger partial charge in [-0.05, 0) is 80.1 Å². The molecule has 0 aliphatic heterocycles. The summed E-state index contributed by atoms with van der Waals surface area (Å²) < 4.78 is 11.2. The topological polar surface area (TPSA) is 172 Å². The molecule has 13 heteroatoms. The molecule has 4 aromatic carbocycles. The summed E-state index contributed by atoms with van der Waals surface area (Å²) in [6.45, 7) is 6.25. The lowest BCUT2D eigenvalue weighted by molar-refractivity contribution is 0.0519. The fourth-order valence-corrected chi connectivity index (χ4v) is 4.84. The molecule has 0 fully saturated rings. The molecule has 0 spiro atoms. The normalized spacial score (nSPS) is 11.0. The van der Waals surface area contributed by atoms with Gasteiger partial charge in [-0.15, -0.1) is 0 Å². The molecule has 1 heterocycles. The maximum Gasteiger partial charge on any atom is 0.251 e. The standard InChI is InChI=1S/C38H42N8O5/c1-38(2,29-11-7-4-8-12-29)46-34(49)28-13-15-30(16-14-28)41-36-43-35(44-37(45-36)42-31-17-19-32(47)20-18-31)40-22-24-51-26-25-50-23-21-39-33(48)27-9-5-3-6-10-27/h3-20,47H,21-26H2,1-2H3,(H,39,48)(H,46,49)(H3,40,41,42,43,44,45). The van der Waals surface area contributed by atoms with Crippen LogP contribution in [0.4, 0.5) is 29.2 Å². The van der Waals surface area contributed by atoms with Crippen molar-refractivity contribution in [2.45, 2.75) is 19.4 Å². The molecule has 2 amide bonds. The number of benzene rings is 4. The van der Waals surface area contributed by atoms with Gasteiger partial charge in [-0.3, -0.25) is 9.59 Å². The van der Waals surface area contributed by atoms with Gasteiger partial charge in [0.1, 0.15) is 5.75 Å². The van der Waals surface area contributed by atoms with Crippen molar-refractivity contribution in [1.82, 2.24) is 25.6 Å². The zero-order chi connectivity index (χ0) is 35.9. The van der Waals surface area contributed by atoms with E-state index in [1.54, 1.807) is 60.7 Å². The fourth-order valence-electron chi connectivity index (χ4n) is 4.84. The number of ether oxygens (including phenoxy) is 2. The summed E-state index contributed by atoms with van der Waals surface area (Å²) >= 11 is 0. The molecule has 6 N–H and O–H groups in total. The van der Waals surface area contributed by atoms with Gasteiger partial charge in [0, 0.05) is 35.6 Å². The number of nitrogens with one attached hydrogen (secondary N) is 5. The lowest BCUT2D eigenvalue weighted by Gasteiger charge is -2.27. The SMILES string of the molecule is CC(C)(NC(=O)c1ccc(Nc2nc(NCCOCCOCCNC(=O)c3ccccc3)nc(Nc3ccc(O)cc3)n2)cc1)c1ccccc1. The van der Waals surface area contributed by atoms with Gasteiger partial charge >= 0.3 is 0 Å². The zero-order valence-corrected chi connectivity index (χ0v) is 28.6. The number of rotatable bonds is 18. The van der Waals surface area contributed by atoms with Crippen molar-refractivity contribution < 1.29 is 24.2 Å². The van der Waals surface area contributed by atoms with Crippen molar-refractivity contribution in [3.05, 3.63) is 126 Å². The van der Waals surface area contributed by atoms with Crippen LogP contribution < -0.4 is 26.6 Å². The Hall–Kier alpha value is -6.05. The Kier molecular flexibility index (Phi) is 12.9. The van der Waals surface area contributed by atoms with E-state index >= 15 is 0 Å². The number of aromatic hydroxyl groups is 1. The lowest BCUT2D eigenvalue weighted by Crippen LogP contribution is -2.40. The number of anilines is 5. The van der Waals surface area contributed by atoms with Gasteiger partial charge in [-0.1, -0.05) is 48.5 Å². The smallest absolute Gasteiger partial charge is 0.251 e. The third-order valence-corrected chi connectivity index (χ3v) is 7.55. The van der Waals surface area contributed by atoms with Crippen molar-refractivity contribution in [3.8, 4) is 5.75 Å². The number of hydrogen-bond acceptors (Lipinski definition) is 11. The van der Waals surface area contributed by atoms with Gasteiger partial charge in [0.25, 0.3) is 11.8 Å². The molecule has 51 heavy (non-hydrogen) atoms. The number of aromatic nitrogens is 3. The second-order valence-corrected chi connectivity index (χ2v) is 11.9. The maximum atomic E-state index is 13.1. The highest BCUT2D eigenvalue weighted by Crippen LogP contribution is 2.23. The van der Waals surface area contributed by atoms with Crippen molar-refractivity contribution >= 4 is 41.0 Å². The number of carbonyl (C=O) groups is 2. The maximum absolute atomic E-state index is 13.1. The molecule has 0 atom stereocenters. The molecule has 0 bridgehead atoms. The Labute approximate surface area is 296 Å². The number of phenolic OH excluding ortho intramolecular Hbond substituents is 1. The Balaban J connectivity index is 1.11. The number of carbonyl (C=O) groups excluding carboxylic acids is 2. The highest BCUT2D eigenvalue weighted by Gasteiger charge is 2.23. The van der Waals surface area contributed by atoms with E-state index in [1.807, 2.05) is 62.4 Å². The summed E-state index contributed by atoms with van der Waals surface area (Å²) in [6, 6.07) is 32.4. The van der Waals surface area contributed by atoms with Gasteiger partial charge in [-0.2, -0.15) is 15.0 Å². The molecule has 264 valence electrons. The first-order chi connectivity index (χ1) is 24.7. The Morgan fingerprint density at radius 2 is 1.12 bits per heavy atom. The predicted octanol–water partition coefficient (Wildman–Crippen LogP) is 5.60. The first kappa shape index (κ1) is 36.2. The van der Waals surface area contributed by atoms with E-state index in [-0.39, 0.29) is 29.5 Å². The molecule has 0 aliphatic carbocycles. The van der Waals surface area contributed by atoms with Gasteiger partial charge in [0.15, 0.2) is 0 Å². The molecule has 5 aromatic rings. The largest absolute Gasteiger partial charge is 0.508 e. The molecule has 0 radical (unpaired) electrons. The summed E-state index contributed by atoms with van der Waals surface area (Å²) in [7, 11) is 0. The van der Waals surface area contributed by atoms with Gasteiger partial charge in [0.2, 0.25) is 17.8 Å². The molecule has 5 rings (SSSR count). The van der Waals surface area contributed by atoms with E-state index in [4.69, 9.17) is 9.47 Å². The average molecular weight is 691 g/mol. The van der Waals surface area contributed by atoms with E-state index < -0.39 is 5.54 Å². The van der Waals surface area contributed by atoms with Crippen LogP contribution in [0.1, 0.15) is 40.1 Å². The third-order valence-electron chi connectivity index (χ3n) is 7.55. The van der Waals surface area contributed by atoms with Gasteiger partial charge < -0.3 is 41.2 Å². The van der Waals surface area contributed by atoms with E-state index in [2.05, 4.69) is 41.5 Å². The Bertz CT molecular complexity index is 1840. The summed E-state index contributed by atoms with van der Waals surface area (Å²) in [5.74, 6) is 0.659. The number of amides is 2. The second-order valence-electron chi connectivity index (χ2n) is 11.9. The van der Waals surface area contributed by atoms with Crippen LogP contribution >= 0.6 is 0 Å². The zero-order valence-electron chi connectivity index (χ0n) is 28.6. The van der Waals surface area contributed by atoms with Crippen LogP contribution in [0.25, 0.3) is 0 Å². The number of hydrogen-bond donors (Lipinski definition) is 6. The highest BCUT2D eigenvalue weighted by atomic mass is 16.5. The van der Waals surface area contributed by atoms with Crippen molar-refractivity contribution in [2.75, 3.05) is 55.5 Å². The van der Waals surface area contributed by atoms with E-state index in [0.717, 1.165) is 5.56 Å². The summed E-state index contributed by atoms with van der Waals surface area (Å²) in [4.78, 5) is 38.6. The van der Waals surface area contributed by atoms with Crippen molar-refractivity contribution in [2.24, 2.45) is 0 Å². The molecule has 13 nitrogen and oxygen atoms in total. The first-order valence-corrected chi connectivity index (χ1v) is 16.5. The van der Waals surface area contributed by atoms with Crippen molar-refractivity contribution in [1.29, 1.82) is 0 Å². The minimum Gasteiger partial charge on any atom is -0.508 e. The van der Waals surface area contributed by atoms with Crippen LogP contribution in [0.3, 0.4) is 0 Å². The van der Waals surface area contributed by atoms with Crippen LogP contribution in [-0.2, 0) is 15.0 Å². The monoisotopic (exact) mass is 690 g/mol. The summed E-state index contributed by atoms with van der Waals surface area (Å²) in [5.41, 5.74) is 2.92. The van der Waals surface area contributed by atoms with Crippen LogP contribution in [0.5, 0.6) is 5.75 Å². The fraction of sp³-hybridized carbons (Fsp3) is 0.237. The minimum absolute atomic E-state index is 0.138. The third kappa shape index (κ3) is 11.5. The summed E-state index contributed by atoms with van der Waals surface area (Å²) in [6.07, 6.45) is 0. The summed E-state index contributed by atoms with van der Waals surface area (Å²) in [5, 5.41) is 25.0. The molecule has 1 aromatic heterocycles. The number of nitrogens with zero attached hydrogens (tertiary/aromatic N) is 3. The Morgan fingerprint density at radius 1 is 0.608 bits per heavy atom. The van der Waals surface area contributed by atoms with Gasteiger partial charge in [0.05, 0.1) is 32.0 Å². The van der Waals surface area contributed by atoms with Crippen LogP contribution in [0.2, 0.25) is 0 Å². The first-order valence-electron chi connectivity index (χ1n) is 16.5. The number of phenols is 1. The van der Waals surface area contributed by atoms with Crippen LogP contribution in [0.15, 0.2) is 109 Å². The van der Waals surface area contributed by atoms with Crippen molar-refractivity contribution in [3.63, 3.8) is 0 Å². The lowest BCUT2D eigenvalue weighted by atomic mass is 9.94. The molecule has 0 saturated carbocycles. The Morgan fingerprint density at radius 3 is 1.73 bits per heavy atom. The quantitative estimate of drug-likeness (QED) is 0.0499. The van der Waals surface area contributed by atoms with E-state index in [0.29, 0.717) is 68.0 Å². The molecule has 0 unspecified atom stereocenters. The molecular formula is C38H42N8O5. The van der Waals surface area contributed by atoms with E-state index in [9.17, 15) is 14.7 Å². The van der Waals surface area contributed by atoms with Crippen LogP contribution in [-0.4, -0.2) is 71.4 Å². The van der Waals surface area contributed by atoms with E-state index in [1.165, 1.54) is 0 Å². The van der Waals surface area contributed by atoms with Gasteiger partial charge in [-0.25, -0.2) is 0 Å². The molecular weight excluding hydrogens is 648 g/mol. The highest BCUT2D eigenvalue weighted by molar-refractivity contribution is 5.95. The second kappa shape index (κ2) is 18.1.